The second-order valence-electron chi connectivity index (χ2n) is 6.16. The Morgan fingerprint density at radius 3 is 2.61 bits per heavy atom. The first-order valence-electron chi connectivity index (χ1n) is 7.64. The van der Waals surface area contributed by atoms with Gasteiger partial charge in [0.15, 0.2) is 0 Å². The van der Waals surface area contributed by atoms with Crippen LogP contribution in [0.25, 0.3) is 0 Å². The van der Waals surface area contributed by atoms with Crippen LogP contribution in [0, 0.1) is 11.8 Å². The maximum Gasteiger partial charge on any atom is 0.418 e. The molecule has 1 unspecified atom stereocenters. The van der Waals surface area contributed by atoms with Crippen molar-refractivity contribution in [1.29, 1.82) is 0 Å². The van der Waals surface area contributed by atoms with E-state index in [0.29, 0.717) is 0 Å². The number of aliphatic imine (C=N–C) groups is 1. The molecule has 2 aliphatic rings. The minimum absolute atomic E-state index is 0.0734. The van der Waals surface area contributed by atoms with E-state index < -0.39 is 11.7 Å². The molecule has 3 rings (SSSR count). The molecule has 0 aromatic carbocycles. The second-order valence-corrected chi connectivity index (χ2v) is 6.16. The van der Waals surface area contributed by atoms with Gasteiger partial charge < -0.3 is 10.2 Å². The first-order valence-corrected chi connectivity index (χ1v) is 7.64. The molecule has 7 heteroatoms. The molecule has 0 saturated carbocycles. The minimum atomic E-state index is -4.43. The molecule has 1 atom stereocenters. The smallest absolute Gasteiger partial charge is 0.320 e. The number of pyridine rings is 1. The lowest BCUT2D eigenvalue weighted by atomic mass is 9.94. The van der Waals surface area contributed by atoms with Gasteiger partial charge in [-0.05, 0) is 18.1 Å². The fraction of sp³-hybridized carbons (Fsp3) is 0.500. The van der Waals surface area contributed by atoms with Crippen molar-refractivity contribution in [3.05, 3.63) is 35.8 Å². The third kappa shape index (κ3) is 2.97. The maximum atomic E-state index is 13.4. The zero-order valence-corrected chi connectivity index (χ0v) is 13.0. The van der Waals surface area contributed by atoms with Crippen LogP contribution >= 0.6 is 0 Å². The van der Waals surface area contributed by atoms with Gasteiger partial charge in [-0.3, -0.25) is 9.98 Å². The van der Waals surface area contributed by atoms with E-state index in [2.05, 4.69) is 15.3 Å². The molecule has 2 aliphatic heterocycles. The number of anilines is 1. The molecule has 1 aromatic heterocycles. The summed E-state index contributed by atoms with van der Waals surface area (Å²) in [5.74, 6) is 0.272. The number of hydrogen-bond donors (Lipinski definition) is 1. The van der Waals surface area contributed by atoms with Crippen LogP contribution in [0.2, 0.25) is 0 Å². The van der Waals surface area contributed by atoms with E-state index in [1.807, 2.05) is 19.9 Å². The summed E-state index contributed by atoms with van der Waals surface area (Å²) in [7, 11) is 0. The summed E-state index contributed by atoms with van der Waals surface area (Å²) >= 11 is 0. The average Bonchev–Trinajstić information content (AvgIpc) is 2.44. The average molecular weight is 324 g/mol. The van der Waals surface area contributed by atoms with E-state index in [1.165, 1.54) is 12.4 Å². The van der Waals surface area contributed by atoms with Crippen LogP contribution in [0.1, 0.15) is 19.4 Å². The van der Waals surface area contributed by atoms with Gasteiger partial charge in [-0.1, -0.05) is 13.8 Å². The molecule has 1 saturated heterocycles. The van der Waals surface area contributed by atoms with Crippen LogP contribution in [-0.2, 0) is 6.18 Å². The molecule has 1 N–H and O–H groups in total. The zero-order valence-electron chi connectivity index (χ0n) is 13.0. The van der Waals surface area contributed by atoms with Crippen LogP contribution in [0.4, 0.5) is 18.9 Å². The molecule has 3 heterocycles. The van der Waals surface area contributed by atoms with Crippen LogP contribution < -0.4 is 10.2 Å². The van der Waals surface area contributed by atoms with E-state index in [9.17, 15) is 13.2 Å². The van der Waals surface area contributed by atoms with E-state index in [-0.39, 0.29) is 23.7 Å². The number of nitrogens with zero attached hydrogens (tertiary/aromatic N) is 3. The molecule has 1 fully saturated rings. The summed E-state index contributed by atoms with van der Waals surface area (Å²) in [6, 6.07) is 1.03. The molecular weight excluding hydrogens is 305 g/mol. The van der Waals surface area contributed by atoms with E-state index in [4.69, 9.17) is 0 Å². The molecule has 0 amide bonds. The van der Waals surface area contributed by atoms with Crippen LogP contribution in [0.5, 0.6) is 0 Å². The number of halogens is 3. The van der Waals surface area contributed by atoms with Gasteiger partial charge in [0.2, 0.25) is 0 Å². The lowest BCUT2D eigenvalue weighted by Crippen LogP contribution is -2.51. The molecule has 0 bridgehead atoms. The van der Waals surface area contributed by atoms with Crippen LogP contribution in [0.15, 0.2) is 35.2 Å². The number of aromatic nitrogens is 1. The van der Waals surface area contributed by atoms with E-state index >= 15 is 0 Å². The van der Waals surface area contributed by atoms with Crippen molar-refractivity contribution in [1.82, 2.24) is 10.3 Å². The third-order valence-electron chi connectivity index (χ3n) is 4.19. The molecule has 0 spiro atoms. The fourth-order valence-corrected chi connectivity index (χ4v) is 2.91. The molecule has 0 aliphatic carbocycles. The van der Waals surface area contributed by atoms with E-state index in [1.54, 1.807) is 11.1 Å². The van der Waals surface area contributed by atoms with Crippen molar-refractivity contribution < 1.29 is 13.2 Å². The number of alkyl halides is 3. The summed E-state index contributed by atoms with van der Waals surface area (Å²) in [6.07, 6.45) is 1.21. The first kappa shape index (κ1) is 16.0. The lowest BCUT2D eigenvalue weighted by molar-refractivity contribution is -0.137. The molecule has 23 heavy (non-hydrogen) atoms. The van der Waals surface area contributed by atoms with Gasteiger partial charge in [-0.2, -0.15) is 13.2 Å². The minimum Gasteiger partial charge on any atom is -0.320 e. The first-order chi connectivity index (χ1) is 10.9. The predicted octanol–water partition coefficient (Wildman–Crippen LogP) is 3.08. The van der Waals surface area contributed by atoms with Crippen molar-refractivity contribution in [2.45, 2.75) is 26.2 Å². The van der Waals surface area contributed by atoms with Gasteiger partial charge in [-0.15, -0.1) is 0 Å². The highest BCUT2D eigenvalue weighted by molar-refractivity contribution is 5.78. The summed E-state index contributed by atoms with van der Waals surface area (Å²) in [5, 5.41) is 3.17. The van der Waals surface area contributed by atoms with E-state index in [0.717, 1.165) is 24.9 Å². The van der Waals surface area contributed by atoms with Gasteiger partial charge in [0.25, 0.3) is 0 Å². The fourth-order valence-electron chi connectivity index (χ4n) is 2.91. The van der Waals surface area contributed by atoms with Crippen LogP contribution in [-0.4, -0.2) is 30.5 Å². The second kappa shape index (κ2) is 5.96. The number of allylic oxidation sites excluding steroid dienone is 1. The Labute approximate surface area is 133 Å². The van der Waals surface area contributed by atoms with Gasteiger partial charge in [0.1, 0.15) is 6.17 Å². The Balaban J connectivity index is 2.09. The standard InChI is InChI=1S/C16H19F3N4/c1-10(2)15-22-6-4-13(11-7-21-8-11)23(15)14-9-20-5-3-12(14)16(17,18)19/h3-6,9-11,15,21H,7-8H2,1-2H3. The molecule has 0 radical (unpaired) electrons. The Kier molecular flexibility index (Phi) is 4.14. The van der Waals surface area contributed by atoms with Gasteiger partial charge in [0.05, 0.1) is 17.4 Å². The topological polar surface area (TPSA) is 40.5 Å². The monoisotopic (exact) mass is 324 g/mol. The maximum absolute atomic E-state index is 13.4. The van der Waals surface area contributed by atoms with Crippen molar-refractivity contribution in [2.24, 2.45) is 16.8 Å². The Morgan fingerprint density at radius 1 is 1.30 bits per heavy atom. The van der Waals surface area contributed by atoms with Crippen molar-refractivity contribution >= 4 is 11.9 Å². The normalized spacial score (nSPS) is 22.3. The highest BCUT2D eigenvalue weighted by Crippen LogP contribution is 2.41. The number of rotatable bonds is 3. The molecular formula is C16H19F3N4. The summed E-state index contributed by atoms with van der Waals surface area (Å²) in [5.41, 5.74) is 0.276. The Bertz CT molecular complexity index is 632. The van der Waals surface area contributed by atoms with Gasteiger partial charge in [-0.25, -0.2) is 0 Å². The summed E-state index contributed by atoms with van der Waals surface area (Å²) in [4.78, 5) is 10.1. The quantitative estimate of drug-likeness (QED) is 0.929. The van der Waals surface area contributed by atoms with Crippen molar-refractivity contribution in [3.8, 4) is 0 Å². The Morgan fingerprint density at radius 2 is 2.04 bits per heavy atom. The van der Waals surface area contributed by atoms with Gasteiger partial charge in [0, 0.05) is 37.1 Å². The highest BCUT2D eigenvalue weighted by Gasteiger charge is 2.40. The lowest BCUT2D eigenvalue weighted by Gasteiger charge is -2.43. The van der Waals surface area contributed by atoms with Gasteiger partial charge >= 0.3 is 6.18 Å². The van der Waals surface area contributed by atoms with Crippen molar-refractivity contribution in [2.75, 3.05) is 18.0 Å². The Hall–Kier alpha value is -1.89. The van der Waals surface area contributed by atoms with Crippen LogP contribution in [0.3, 0.4) is 0 Å². The predicted molar refractivity (Wildman–Crippen MR) is 83.3 cm³/mol. The third-order valence-corrected chi connectivity index (χ3v) is 4.19. The zero-order chi connectivity index (χ0) is 16.6. The summed E-state index contributed by atoms with van der Waals surface area (Å²) < 4.78 is 40.3. The molecule has 1 aromatic rings. The number of hydrogen-bond acceptors (Lipinski definition) is 4. The summed E-state index contributed by atoms with van der Waals surface area (Å²) in [6.45, 7) is 5.45. The highest BCUT2D eigenvalue weighted by atomic mass is 19.4. The molecule has 4 nitrogen and oxygen atoms in total. The SMILES string of the molecule is CC(C)C1N=CC=C(C2CNC2)N1c1cnccc1C(F)(F)F. The number of nitrogens with one attached hydrogen (secondary N) is 1. The van der Waals surface area contributed by atoms with Crippen molar-refractivity contribution in [3.63, 3.8) is 0 Å². The largest absolute Gasteiger partial charge is 0.418 e. The molecule has 124 valence electrons.